The Kier molecular flexibility index (Phi) is 4.07. The summed E-state index contributed by atoms with van der Waals surface area (Å²) in [4.78, 5) is 0. The third-order valence-electron chi connectivity index (χ3n) is 3.62. The third-order valence-corrected chi connectivity index (χ3v) is 5.33. The Hall–Kier alpha value is -0.870. The van der Waals surface area contributed by atoms with Gasteiger partial charge in [-0.3, -0.25) is 0 Å². The topological polar surface area (TPSA) is 46.2 Å². The maximum Gasteiger partial charge on any atom is 0.150 e. The number of aryl methyl sites for hydroxylation is 1. The van der Waals surface area contributed by atoms with E-state index in [9.17, 15) is 8.42 Å². The molecule has 0 saturated carbocycles. The van der Waals surface area contributed by atoms with Crippen LogP contribution >= 0.6 is 0 Å². The van der Waals surface area contributed by atoms with Gasteiger partial charge in [-0.05, 0) is 32.3 Å². The van der Waals surface area contributed by atoms with E-state index >= 15 is 0 Å². The molecule has 0 bridgehead atoms. The highest BCUT2D eigenvalue weighted by molar-refractivity contribution is 7.91. The maximum absolute atomic E-state index is 11.4. The van der Waals surface area contributed by atoms with E-state index in [4.69, 9.17) is 0 Å². The molecule has 1 saturated heterocycles. The molecule has 1 heterocycles. The summed E-state index contributed by atoms with van der Waals surface area (Å²) in [6.45, 7) is 4.21. The standard InChI is InChI=1S/C14H21NO2S/c1-11-3-5-13(6-4-11)12(2)15-14-7-9-18(16,17)10-8-14/h3-6,12,14-15H,7-10H2,1-2H3/t12-/m0/s1. The van der Waals surface area contributed by atoms with Crippen molar-refractivity contribution in [2.75, 3.05) is 11.5 Å². The summed E-state index contributed by atoms with van der Waals surface area (Å²) in [5.41, 5.74) is 2.52. The highest BCUT2D eigenvalue weighted by atomic mass is 32.2. The summed E-state index contributed by atoms with van der Waals surface area (Å²) in [5.74, 6) is 0.649. The summed E-state index contributed by atoms with van der Waals surface area (Å²) < 4.78 is 22.7. The molecule has 18 heavy (non-hydrogen) atoms. The van der Waals surface area contributed by atoms with Crippen LogP contribution < -0.4 is 5.32 Å². The van der Waals surface area contributed by atoms with Crippen molar-refractivity contribution in [2.24, 2.45) is 0 Å². The summed E-state index contributed by atoms with van der Waals surface area (Å²) in [5, 5.41) is 3.53. The molecule has 1 fully saturated rings. The van der Waals surface area contributed by atoms with Gasteiger partial charge in [0.1, 0.15) is 9.84 Å². The Morgan fingerprint density at radius 1 is 1.17 bits per heavy atom. The first-order chi connectivity index (χ1) is 8.46. The zero-order valence-electron chi connectivity index (χ0n) is 11.0. The van der Waals surface area contributed by atoms with Crippen molar-refractivity contribution in [1.82, 2.24) is 5.32 Å². The van der Waals surface area contributed by atoms with E-state index in [1.807, 2.05) is 0 Å². The molecule has 1 N–H and O–H groups in total. The van der Waals surface area contributed by atoms with Crippen LogP contribution in [0.4, 0.5) is 0 Å². The largest absolute Gasteiger partial charge is 0.307 e. The molecule has 0 aromatic heterocycles. The van der Waals surface area contributed by atoms with Crippen molar-refractivity contribution in [1.29, 1.82) is 0 Å². The first-order valence-electron chi connectivity index (χ1n) is 6.49. The minimum atomic E-state index is -2.76. The molecule has 1 aromatic carbocycles. The fraction of sp³-hybridized carbons (Fsp3) is 0.571. The molecule has 1 aliphatic rings. The molecule has 0 unspecified atom stereocenters. The molecule has 3 nitrogen and oxygen atoms in total. The quantitative estimate of drug-likeness (QED) is 0.913. The Morgan fingerprint density at radius 2 is 1.72 bits per heavy atom. The molecule has 0 spiro atoms. The van der Waals surface area contributed by atoms with E-state index in [-0.39, 0.29) is 6.04 Å². The van der Waals surface area contributed by atoms with Crippen molar-refractivity contribution in [3.05, 3.63) is 35.4 Å². The van der Waals surface area contributed by atoms with Crippen LogP contribution in [0.1, 0.15) is 36.9 Å². The molecule has 0 amide bonds. The molecular formula is C14H21NO2S. The molecule has 1 atom stereocenters. The maximum atomic E-state index is 11.4. The van der Waals surface area contributed by atoms with Crippen LogP contribution in [0.3, 0.4) is 0 Å². The van der Waals surface area contributed by atoms with Gasteiger partial charge in [0.25, 0.3) is 0 Å². The zero-order chi connectivity index (χ0) is 13.2. The van der Waals surface area contributed by atoms with Gasteiger partial charge in [0.05, 0.1) is 11.5 Å². The third kappa shape index (κ3) is 3.56. The second-order valence-electron chi connectivity index (χ2n) is 5.23. The van der Waals surface area contributed by atoms with Gasteiger partial charge in [0.2, 0.25) is 0 Å². The lowest BCUT2D eigenvalue weighted by Gasteiger charge is -2.27. The van der Waals surface area contributed by atoms with Crippen LogP contribution in [0, 0.1) is 6.92 Å². The average molecular weight is 267 g/mol. The molecule has 2 rings (SSSR count). The van der Waals surface area contributed by atoms with Crippen LogP contribution in [0.15, 0.2) is 24.3 Å². The number of hydrogen-bond acceptors (Lipinski definition) is 3. The number of rotatable bonds is 3. The van der Waals surface area contributed by atoms with Crippen LogP contribution in [0.5, 0.6) is 0 Å². The van der Waals surface area contributed by atoms with Gasteiger partial charge in [-0.25, -0.2) is 8.42 Å². The van der Waals surface area contributed by atoms with Crippen LogP contribution in [-0.4, -0.2) is 26.0 Å². The normalized spacial score (nSPS) is 21.7. The summed E-state index contributed by atoms with van der Waals surface area (Å²) >= 11 is 0. The van der Waals surface area contributed by atoms with E-state index in [2.05, 4.69) is 43.4 Å². The Bertz CT molecular complexity index is 479. The van der Waals surface area contributed by atoms with Crippen LogP contribution in [0.25, 0.3) is 0 Å². The highest BCUT2D eigenvalue weighted by Crippen LogP contribution is 2.18. The fourth-order valence-electron chi connectivity index (χ4n) is 2.36. The van der Waals surface area contributed by atoms with Gasteiger partial charge in [-0.15, -0.1) is 0 Å². The van der Waals surface area contributed by atoms with E-state index in [1.54, 1.807) is 0 Å². The van der Waals surface area contributed by atoms with Crippen LogP contribution in [-0.2, 0) is 9.84 Å². The van der Waals surface area contributed by atoms with Gasteiger partial charge < -0.3 is 5.32 Å². The Labute approximate surface area is 110 Å². The minimum Gasteiger partial charge on any atom is -0.307 e. The number of hydrogen-bond donors (Lipinski definition) is 1. The first kappa shape index (κ1) is 13.6. The predicted octanol–water partition coefficient (Wildman–Crippen LogP) is 2.22. The summed E-state index contributed by atoms with van der Waals surface area (Å²) in [7, 11) is -2.76. The molecule has 1 aromatic rings. The Balaban J connectivity index is 1.92. The molecule has 1 aliphatic heterocycles. The smallest absolute Gasteiger partial charge is 0.150 e. The number of benzene rings is 1. The molecule has 0 radical (unpaired) electrons. The molecule has 0 aliphatic carbocycles. The molecule has 4 heteroatoms. The van der Waals surface area contributed by atoms with Crippen molar-refractivity contribution >= 4 is 9.84 Å². The van der Waals surface area contributed by atoms with E-state index in [0.717, 1.165) is 12.8 Å². The lowest BCUT2D eigenvalue weighted by Crippen LogP contribution is -2.38. The number of sulfone groups is 1. The van der Waals surface area contributed by atoms with Gasteiger partial charge in [-0.1, -0.05) is 29.8 Å². The average Bonchev–Trinajstić information content (AvgIpc) is 2.33. The van der Waals surface area contributed by atoms with Crippen molar-refractivity contribution < 1.29 is 8.42 Å². The lowest BCUT2D eigenvalue weighted by molar-refractivity contribution is 0.420. The fourth-order valence-corrected chi connectivity index (χ4v) is 3.85. The first-order valence-corrected chi connectivity index (χ1v) is 8.31. The lowest BCUT2D eigenvalue weighted by atomic mass is 10.0. The number of nitrogens with one attached hydrogen (secondary N) is 1. The SMILES string of the molecule is Cc1ccc([C@H](C)NC2CCS(=O)(=O)CC2)cc1. The van der Waals surface area contributed by atoms with Crippen molar-refractivity contribution in [3.63, 3.8) is 0 Å². The summed E-state index contributed by atoms with van der Waals surface area (Å²) in [6.07, 6.45) is 1.47. The van der Waals surface area contributed by atoms with E-state index in [0.29, 0.717) is 17.5 Å². The van der Waals surface area contributed by atoms with Crippen molar-refractivity contribution in [2.45, 2.75) is 38.8 Å². The second-order valence-corrected chi connectivity index (χ2v) is 7.53. The van der Waals surface area contributed by atoms with E-state index < -0.39 is 9.84 Å². The summed E-state index contributed by atoms with van der Waals surface area (Å²) in [6, 6.07) is 9.08. The zero-order valence-corrected chi connectivity index (χ0v) is 11.8. The van der Waals surface area contributed by atoms with Gasteiger partial charge in [0, 0.05) is 12.1 Å². The van der Waals surface area contributed by atoms with Gasteiger partial charge in [-0.2, -0.15) is 0 Å². The van der Waals surface area contributed by atoms with Crippen LogP contribution in [0.2, 0.25) is 0 Å². The Morgan fingerprint density at radius 3 is 2.28 bits per heavy atom. The van der Waals surface area contributed by atoms with Gasteiger partial charge in [0.15, 0.2) is 0 Å². The van der Waals surface area contributed by atoms with Crippen molar-refractivity contribution in [3.8, 4) is 0 Å². The second kappa shape index (κ2) is 5.41. The van der Waals surface area contributed by atoms with Gasteiger partial charge >= 0.3 is 0 Å². The molecule has 100 valence electrons. The monoisotopic (exact) mass is 267 g/mol. The molecular weight excluding hydrogens is 246 g/mol. The predicted molar refractivity (Wildman–Crippen MR) is 74.4 cm³/mol. The highest BCUT2D eigenvalue weighted by Gasteiger charge is 2.24. The van der Waals surface area contributed by atoms with E-state index in [1.165, 1.54) is 11.1 Å². The minimum absolute atomic E-state index is 0.274.